The third kappa shape index (κ3) is 5.72. The van der Waals surface area contributed by atoms with Gasteiger partial charge in [0.25, 0.3) is 0 Å². The number of aliphatic hydroxyl groups is 1. The molecule has 3 fully saturated rings. The molecular formula is C33H39F2N3O10. The Hall–Kier alpha value is -4.37. The lowest BCUT2D eigenvalue weighted by Gasteiger charge is -2.54. The van der Waals surface area contributed by atoms with E-state index in [1.54, 1.807) is 19.1 Å². The zero-order valence-electron chi connectivity index (χ0n) is 27.1. The first-order valence-electron chi connectivity index (χ1n) is 15.5. The predicted octanol–water partition coefficient (Wildman–Crippen LogP) is 2.71. The number of alkyl halides is 2. The maximum atomic E-state index is 14.9. The second-order valence-electron chi connectivity index (χ2n) is 12.8. The highest BCUT2D eigenvalue weighted by atomic mass is 19.3. The summed E-state index contributed by atoms with van der Waals surface area (Å²) < 4.78 is 57.4. The van der Waals surface area contributed by atoms with Crippen LogP contribution in [0.15, 0.2) is 65.1 Å². The molecule has 0 radical (unpaired) electrons. The average Bonchev–Trinajstić information content (AvgIpc) is 3.32. The third-order valence-corrected chi connectivity index (χ3v) is 9.93. The first-order valence-corrected chi connectivity index (χ1v) is 15.5. The molecule has 7 atom stereocenters. The number of ether oxygens (including phenoxy) is 5. The van der Waals surface area contributed by atoms with Crippen molar-refractivity contribution < 1.29 is 56.7 Å². The Balaban J connectivity index is 1.28. The molecule has 5 aliphatic rings. The third-order valence-electron chi connectivity index (χ3n) is 9.93. The number of aliphatic imine (C=N–C) groups is 1. The molecule has 5 rings (SSSR count). The molecule has 1 saturated carbocycles. The number of hydrogen-bond donors (Lipinski definition) is 2. The summed E-state index contributed by atoms with van der Waals surface area (Å²) >= 11 is 0. The molecule has 3 heterocycles. The molecule has 0 amide bonds. The fraction of sp³-hybridized carbons (Fsp3) is 0.545. The molecular weight excluding hydrogens is 636 g/mol. The minimum atomic E-state index is -3.76. The van der Waals surface area contributed by atoms with E-state index in [9.17, 15) is 33.1 Å². The number of cyclic esters (lactones) is 1. The van der Waals surface area contributed by atoms with Crippen LogP contribution in [0, 0.1) is 11.3 Å². The summed E-state index contributed by atoms with van der Waals surface area (Å²) in [6.07, 6.45) is 4.26. The quantitative estimate of drug-likeness (QED) is 0.167. The zero-order chi connectivity index (χ0) is 35.2. The average molecular weight is 676 g/mol. The number of rotatable bonds is 8. The van der Waals surface area contributed by atoms with Crippen molar-refractivity contribution in [2.75, 3.05) is 13.7 Å². The molecule has 0 spiro atoms. The van der Waals surface area contributed by atoms with Gasteiger partial charge in [0, 0.05) is 30.2 Å². The lowest BCUT2D eigenvalue weighted by molar-refractivity contribution is -0.235. The number of nitrogens with zero attached hydrogens (tertiary/aromatic N) is 2. The second kappa shape index (κ2) is 12.6. The van der Waals surface area contributed by atoms with E-state index >= 15 is 0 Å². The molecule has 0 aromatic heterocycles. The van der Waals surface area contributed by atoms with Gasteiger partial charge in [0.15, 0.2) is 6.10 Å². The number of methoxy groups -OCH3 is 1. The van der Waals surface area contributed by atoms with Crippen molar-refractivity contribution in [3.8, 4) is 0 Å². The van der Waals surface area contributed by atoms with Gasteiger partial charge in [-0.3, -0.25) is 9.59 Å². The van der Waals surface area contributed by atoms with Crippen molar-refractivity contribution in [1.82, 2.24) is 4.90 Å². The van der Waals surface area contributed by atoms with Crippen LogP contribution in [-0.4, -0.2) is 89.0 Å². The Morgan fingerprint density at radius 2 is 2.00 bits per heavy atom. The van der Waals surface area contributed by atoms with Crippen LogP contribution in [0.5, 0.6) is 0 Å². The van der Waals surface area contributed by atoms with Crippen LogP contribution in [0.1, 0.15) is 52.9 Å². The van der Waals surface area contributed by atoms with Gasteiger partial charge in [-0.15, -0.1) is 0 Å². The lowest BCUT2D eigenvalue weighted by atomic mass is 9.62. The number of aliphatic hydroxyl groups excluding tert-OH is 1. The highest BCUT2D eigenvalue weighted by Gasteiger charge is 2.74. The molecule has 13 nitrogen and oxygen atoms in total. The van der Waals surface area contributed by atoms with Gasteiger partial charge in [0.05, 0.1) is 7.11 Å². The van der Waals surface area contributed by atoms with Crippen LogP contribution in [-0.2, 0) is 42.9 Å². The minimum absolute atomic E-state index is 0.0618. The normalized spacial score (nSPS) is 35.7. The van der Waals surface area contributed by atoms with Crippen molar-refractivity contribution in [2.45, 2.75) is 88.4 Å². The number of carbonyl (C=O) groups excluding carboxylic acids is 4. The van der Waals surface area contributed by atoms with Crippen LogP contribution < -0.4 is 5.73 Å². The monoisotopic (exact) mass is 675 g/mol. The zero-order valence-corrected chi connectivity index (χ0v) is 27.1. The van der Waals surface area contributed by atoms with Gasteiger partial charge in [-0.2, -0.15) is 8.78 Å². The molecule has 0 aromatic rings. The number of amidine groups is 1. The van der Waals surface area contributed by atoms with Gasteiger partial charge in [-0.05, 0) is 58.1 Å². The number of nitrogens with two attached hydrogens (primary N) is 1. The SMILES string of the molecule is C=C1N=C(N)C=CN1C1O[C@H](COC(=O)/C(C)=C/C=C/[C@@]2(C)OC(=O)[C@]34CC=C(C(=O)OC)CC[C@]3(OC(C)=O)[C@H]2CC4)[C@H](O)C1(F)F. The van der Waals surface area contributed by atoms with Crippen LogP contribution >= 0.6 is 0 Å². The maximum Gasteiger partial charge on any atom is 0.333 e. The molecule has 3 N–H and O–H groups in total. The lowest BCUT2D eigenvalue weighted by Crippen LogP contribution is -2.65. The van der Waals surface area contributed by atoms with Crippen molar-refractivity contribution in [3.63, 3.8) is 0 Å². The Labute approximate surface area is 275 Å². The molecule has 2 bridgehead atoms. The minimum Gasteiger partial charge on any atom is -0.466 e. The highest BCUT2D eigenvalue weighted by molar-refractivity contribution is 5.93. The first-order chi connectivity index (χ1) is 22.5. The standard InChI is InChI=1S/C33H39F2N3O10/c1-18(26(41)45-17-22-25(40)33(34,35)28(46-22)38-16-11-24(36)37-19(38)2)7-6-12-30(4)23-10-14-31(29(43)48-30)13-8-21(27(42)44-5)9-15-32(23,31)47-20(3)39/h6-8,11-12,16,22-23,25,28,40H,2,9-10,13-15,17H2,1,3-5H3,(H2,36,37)/b12-6+,18-7+/t22-,23+,25+,28?,30-,31-,32+/m1/s1. The molecule has 2 aliphatic carbocycles. The van der Waals surface area contributed by atoms with Gasteiger partial charge < -0.3 is 39.4 Å². The molecule has 1 unspecified atom stereocenters. The fourth-order valence-corrected chi connectivity index (χ4v) is 7.53. The summed E-state index contributed by atoms with van der Waals surface area (Å²) in [4.78, 5) is 56.1. The Kier molecular flexibility index (Phi) is 9.16. The topological polar surface area (TPSA) is 176 Å². The molecule has 15 heteroatoms. The second-order valence-corrected chi connectivity index (χ2v) is 12.8. The van der Waals surface area contributed by atoms with E-state index in [1.165, 1.54) is 45.4 Å². The van der Waals surface area contributed by atoms with E-state index in [1.807, 2.05) is 0 Å². The van der Waals surface area contributed by atoms with Gasteiger partial charge in [0.2, 0.25) is 6.23 Å². The maximum absolute atomic E-state index is 14.9. The van der Waals surface area contributed by atoms with E-state index in [-0.39, 0.29) is 36.5 Å². The molecule has 48 heavy (non-hydrogen) atoms. The van der Waals surface area contributed by atoms with Crippen LogP contribution in [0.3, 0.4) is 0 Å². The summed E-state index contributed by atoms with van der Waals surface area (Å²) in [5, 5.41) is 10.3. The summed E-state index contributed by atoms with van der Waals surface area (Å²) in [5.74, 6) is -6.80. The van der Waals surface area contributed by atoms with Gasteiger partial charge >= 0.3 is 29.8 Å². The van der Waals surface area contributed by atoms with Crippen molar-refractivity contribution >= 4 is 29.7 Å². The molecule has 0 aromatic carbocycles. The molecule has 2 saturated heterocycles. The van der Waals surface area contributed by atoms with Gasteiger partial charge in [-0.1, -0.05) is 24.8 Å². The van der Waals surface area contributed by atoms with Gasteiger partial charge in [0.1, 0.15) is 41.0 Å². The largest absolute Gasteiger partial charge is 0.466 e. The van der Waals surface area contributed by atoms with E-state index in [2.05, 4.69) is 11.6 Å². The first kappa shape index (κ1) is 35.0. The van der Waals surface area contributed by atoms with Crippen LogP contribution in [0.2, 0.25) is 0 Å². The Morgan fingerprint density at radius 3 is 2.67 bits per heavy atom. The van der Waals surface area contributed by atoms with Crippen LogP contribution in [0.25, 0.3) is 0 Å². The van der Waals surface area contributed by atoms with E-state index in [4.69, 9.17) is 29.4 Å². The van der Waals surface area contributed by atoms with Crippen LogP contribution in [0.4, 0.5) is 8.78 Å². The van der Waals surface area contributed by atoms with Gasteiger partial charge in [-0.25, -0.2) is 14.6 Å². The van der Waals surface area contributed by atoms with Crippen molar-refractivity contribution in [2.24, 2.45) is 22.1 Å². The van der Waals surface area contributed by atoms with E-state index in [0.29, 0.717) is 18.4 Å². The van der Waals surface area contributed by atoms with E-state index in [0.717, 1.165) is 4.90 Å². The van der Waals surface area contributed by atoms with Crippen molar-refractivity contribution in [3.05, 3.63) is 60.1 Å². The number of carbonyl (C=O) groups is 4. The smallest absolute Gasteiger partial charge is 0.333 e. The molecule has 260 valence electrons. The number of halogens is 2. The fourth-order valence-electron chi connectivity index (χ4n) is 7.53. The number of hydrogen-bond acceptors (Lipinski definition) is 13. The summed E-state index contributed by atoms with van der Waals surface area (Å²) in [5.41, 5.74) is 2.34. The summed E-state index contributed by atoms with van der Waals surface area (Å²) in [6.45, 7) is 7.30. The highest BCUT2D eigenvalue weighted by Crippen LogP contribution is 2.65. The summed E-state index contributed by atoms with van der Waals surface area (Å²) in [7, 11) is 1.27. The number of esters is 4. The van der Waals surface area contributed by atoms with Crippen molar-refractivity contribution in [1.29, 1.82) is 0 Å². The Bertz CT molecular complexity index is 1570. The van der Waals surface area contributed by atoms with E-state index < -0.39 is 77.4 Å². The predicted molar refractivity (Wildman–Crippen MR) is 163 cm³/mol. The molecule has 3 aliphatic heterocycles. The Morgan fingerprint density at radius 1 is 1.27 bits per heavy atom. The number of allylic oxidation sites excluding steroid dienone is 3. The summed E-state index contributed by atoms with van der Waals surface area (Å²) in [6, 6.07) is 0.